The third kappa shape index (κ3) is 4.74. The van der Waals surface area contributed by atoms with Gasteiger partial charge in [0.15, 0.2) is 0 Å². The van der Waals surface area contributed by atoms with E-state index in [9.17, 15) is 4.79 Å². The second kappa shape index (κ2) is 8.21. The molecule has 3 aromatic rings. The van der Waals surface area contributed by atoms with Crippen molar-refractivity contribution >= 4 is 23.3 Å². The fraction of sp³-hybridized carbons (Fsp3) is 0.111. The third-order valence-corrected chi connectivity index (χ3v) is 3.83. The largest absolute Gasteiger partial charge is 0.363 e. The molecule has 1 amide bonds. The fourth-order valence-corrected chi connectivity index (χ4v) is 2.33. The van der Waals surface area contributed by atoms with Crippen molar-refractivity contribution in [3.63, 3.8) is 0 Å². The summed E-state index contributed by atoms with van der Waals surface area (Å²) in [5.41, 5.74) is 1.99. The fourth-order valence-electron chi connectivity index (χ4n) is 2.13. The third-order valence-electron chi connectivity index (χ3n) is 3.46. The van der Waals surface area contributed by atoms with Gasteiger partial charge in [-0.2, -0.15) is 0 Å². The zero-order valence-corrected chi connectivity index (χ0v) is 14.1. The highest BCUT2D eigenvalue weighted by molar-refractivity contribution is 6.31. The minimum absolute atomic E-state index is 0.246. The number of anilines is 1. The Morgan fingerprint density at radius 2 is 1.80 bits per heavy atom. The molecule has 0 saturated carbocycles. The molecule has 25 heavy (non-hydrogen) atoms. The van der Waals surface area contributed by atoms with E-state index in [0.717, 1.165) is 11.3 Å². The van der Waals surface area contributed by atoms with Crippen LogP contribution in [0.1, 0.15) is 21.7 Å². The molecule has 126 valence electrons. The van der Waals surface area contributed by atoms with Gasteiger partial charge in [-0.1, -0.05) is 35.9 Å². The van der Waals surface area contributed by atoms with Crippen LogP contribution in [0, 0.1) is 0 Å². The van der Waals surface area contributed by atoms with E-state index in [-0.39, 0.29) is 11.6 Å². The van der Waals surface area contributed by atoms with E-state index in [0.29, 0.717) is 23.9 Å². The average molecular weight is 354 g/mol. The lowest BCUT2D eigenvalue weighted by atomic mass is 10.2. The van der Waals surface area contributed by atoms with Crippen LogP contribution in [-0.4, -0.2) is 20.9 Å². The summed E-state index contributed by atoms with van der Waals surface area (Å²) in [7, 11) is 0. The highest BCUT2D eigenvalue weighted by Crippen LogP contribution is 2.14. The van der Waals surface area contributed by atoms with Crippen LogP contribution in [0.25, 0.3) is 0 Å². The van der Waals surface area contributed by atoms with E-state index < -0.39 is 0 Å². The molecular weight excluding hydrogens is 338 g/mol. The molecule has 0 bridgehead atoms. The first kappa shape index (κ1) is 16.9. The topological polar surface area (TPSA) is 79.8 Å². The van der Waals surface area contributed by atoms with Crippen LogP contribution < -0.4 is 10.6 Å². The molecule has 0 radical (unpaired) electrons. The van der Waals surface area contributed by atoms with Gasteiger partial charge >= 0.3 is 0 Å². The monoisotopic (exact) mass is 353 g/mol. The number of benzene rings is 1. The molecule has 2 heterocycles. The van der Waals surface area contributed by atoms with Crippen molar-refractivity contribution in [2.45, 2.75) is 13.1 Å². The van der Waals surface area contributed by atoms with E-state index in [2.05, 4.69) is 25.6 Å². The van der Waals surface area contributed by atoms with Crippen LogP contribution in [0.15, 0.2) is 61.1 Å². The summed E-state index contributed by atoms with van der Waals surface area (Å²) in [5, 5.41) is 6.50. The van der Waals surface area contributed by atoms with Crippen molar-refractivity contribution in [1.29, 1.82) is 0 Å². The average Bonchev–Trinajstić information content (AvgIpc) is 2.67. The first-order chi connectivity index (χ1) is 12.2. The summed E-state index contributed by atoms with van der Waals surface area (Å²) in [4.78, 5) is 24.7. The molecular formula is C18H16ClN5O. The molecule has 3 rings (SSSR count). The van der Waals surface area contributed by atoms with Gasteiger partial charge in [0, 0.05) is 17.8 Å². The lowest BCUT2D eigenvalue weighted by Gasteiger charge is -2.07. The molecule has 2 aromatic heterocycles. The molecule has 0 atom stereocenters. The van der Waals surface area contributed by atoms with Crippen LogP contribution in [0.4, 0.5) is 5.82 Å². The summed E-state index contributed by atoms with van der Waals surface area (Å²) in [6.07, 6.45) is 4.69. The SMILES string of the molecule is O=C(NCc1ccccc1Cl)c1cnc(NCc2ccccn2)cn1. The van der Waals surface area contributed by atoms with Gasteiger partial charge in [0.1, 0.15) is 11.5 Å². The van der Waals surface area contributed by atoms with Crippen LogP contribution >= 0.6 is 11.6 Å². The number of nitrogens with one attached hydrogen (secondary N) is 2. The van der Waals surface area contributed by atoms with Crippen molar-refractivity contribution in [2.75, 3.05) is 5.32 Å². The number of halogens is 1. The molecule has 0 unspecified atom stereocenters. The predicted octanol–water partition coefficient (Wildman–Crippen LogP) is 3.07. The van der Waals surface area contributed by atoms with Gasteiger partial charge in [-0.05, 0) is 23.8 Å². The number of nitrogens with zero attached hydrogens (tertiary/aromatic N) is 3. The molecule has 7 heteroatoms. The quantitative estimate of drug-likeness (QED) is 0.712. The van der Waals surface area contributed by atoms with Gasteiger partial charge in [-0.25, -0.2) is 9.97 Å². The normalized spacial score (nSPS) is 10.3. The molecule has 0 aliphatic heterocycles. The Morgan fingerprint density at radius 1 is 0.960 bits per heavy atom. The summed E-state index contributed by atoms with van der Waals surface area (Å²) in [6.45, 7) is 0.868. The molecule has 0 spiro atoms. The maximum absolute atomic E-state index is 12.1. The first-order valence-corrected chi connectivity index (χ1v) is 8.07. The number of carbonyl (C=O) groups is 1. The van der Waals surface area contributed by atoms with Crippen molar-refractivity contribution in [3.05, 3.63) is 83.0 Å². The lowest BCUT2D eigenvalue weighted by molar-refractivity contribution is 0.0945. The Bertz CT molecular complexity index is 840. The maximum Gasteiger partial charge on any atom is 0.271 e. The molecule has 6 nitrogen and oxygen atoms in total. The minimum atomic E-state index is -0.302. The predicted molar refractivity (Wildman–Crippen MR) is 96.2 cm³/mol. The van der Waals surface area contributed by atoms with Crippen LogP contribution in [0.3, 0.4) is 0 Å². The van der Waals surface area contributed by atoms with E-state index in [4.69, 9.17) is 11.6 Å². The molecule has 0 aliphatic carbocycles. The van der Waals surface area contributed by atoms with E-state index in [1.54, 1.807) is 12.3 Å². The number of carbonyl (C=O) groups excluding carboxylic acids is 1. The second-order valence-electron chi connectivity index (χ2n) is 5.24. The van der Waals surface area contributed by atoms with E-state index in [1.165, 1.54) is 12.4 Å². The Hall–Kier alpha value is -2.99. The van der Waals surface area contributed by atoms with E-state index >= 15 is 0 Å². The zero-order valence-electron chi connectivity index (χ0n) is 13.3. The van der Waals surface area contributed by atoms with Gasteiger partial charge in [-0.3, -0.25) is 9.78 Å². The van der Waals surface area contributed by atoms with Gasteiger partial charge in [0.05, 0.1) is 24.6 Å². The Balaban J connectivity index is 1.54. The summed E-state index contributed by atoms with van der Waals surface area (Å²) < 4.78 is 0. The molecule has 0 fully saturated rings. The van der Waals surface area contributed by atoms with Crippen LogP contribution in [0.2, 0.25) is 5.02 Å². The number of aromatic nitrogens is 3. The Labute approximate surface area is 150 Å². The highest BCUT2D eigenvalue weighted by Gasteiger charge is 2.09. The summed E-state index contributed by atoms with van der Waals surface area (Å²) in [6, 6.07) is 13.0. The number of hydrogen-bond acceptors (Lipinski definition) is 5. The van der Waals surface area contributed by atoms with Gasteiger partial charge < -0.3 is 10.6 Å². The Kier molecular flexibility index (Phi) is 5.53. The number of rotatable bonds is 6. The number of amides is 1. The van der Waals surface area contributed by atoms with Crippen LogP contribution in [0.5, 0.6) is 0 Å². The van der Waals surface area contributed by atoms with Crippen LogP contribution in [-0.2, 0) is 13.1 Å². The van der Waals surface area contributed by atoms with Gasteiger partial charge in [0.2, 0.25) is 0 Å². The van der Waals surface area contributed by atoms with Crippen molar-refractivity contribution in [2.24, 2.45) is 0 Å². The summed E-state index contributed by atoms with van der Waals surface area (Å²) in [5.74, 6) is 0.275. The molecule has 0 aliphatic rings. The maximum atomic E-state index is 12.1. The first-order valence-electron chi connectivity index (χ1n) is 7.70. The van der Waals surface area contributed by atoms with E-state index in [1.807, 2.05) is 36.4 Å². The lowest BCUT2D eigenvalue weighted by Crippen LogP contribution is -2.24. The number of hydrogen-bond donors (Lipinski definition) is 2. The molecule has 0 saturated heterocycles. The molecule has 1 aromatic carbocycles. The molecule has 2 N–H and O–H groups in total. The standard InChI is InChI=1S/C18H16ClN5O/c19-15-7-2-1-5-13(15)9-24-18(25)16-11-23-17(12-21-16)22-10-14-6-3-4-8-20-14/h1-8,11-12H,9-10H2,(H,22,23)(H,24,25). The second-order valence-corrected chi connectivity index (χ2v) is 5.64. The number of pyridine rings is 1. The minimum Gasteiger partial charge on any atom is -0.363 e. The Morgan fingerprint density at radius 3 is 2.52 bits per heavy atom. The smallest absolute Gasteiger partial charge is 0.271 e. The van der Waals surface area contributed by atoms with Crippen molar-refractivity contribution in [3.8, 4) is 0 Å². The van der Waals surface area contributed by atoms with Crippen molar-refractivity contribution in [1.82, 2.24) is 20.3 Å². The van der Waals surface area contributed by atoms with Gasteiger partial charge in [0.25, 0.3) is 5.91 Å². The zero-order chi connectivity index (χ0) is 17.5. The van der Waals surface area contributed by atoms with Crippen molar-refractivity contribution < 1.29 is 4.79 Å². The van der Waals surface area contributed by atoms with Gasteiger partial charge in [-0.15, -0.1) is 0 Å². The summed E-state index contributed by atoms with van der Waals surface area (Å²) >= 11 is 6.07. The highest BCUT2D eigenvalue weighted by atomic mass is 35.5.